The van der Waals surface area contributed by atoms with E-state index in [1.807, 2.05) is 12.1 Å². The molecule has 1 aromatic carbocycles. The number of aliphatic hydroxyl groups excluding tert-OH is 1. The molecule has 3 N–H and O–H groups in total. The Hall–Kier alpha value is -2.37. The summed E-state index contributed by atoms with van der Waals surface area (Å²) in [4.78, 5) is 11.1. The van der Waals surface area contributed by atoms with Crippen LogP contribution in [0.1, 0.15) is 41.7 Å². The number of hydrogen-bond acceptors (Lipinski definition) is 4. The molecule has 5 nitrogen and oxygen atoms in total. The minimum absolute atomic E-state index is 0.0259. The van der Waals surface area contributed by atoms with E-state index >= 15 is 0 Å². The number of carboxylic acids is 1. The number of nitrogens with one attached hydrogen (secondary N) is 1. The van der Waals surface area contributed by atoms with E-state index in [0.29, 0.717) is 0 Å². The second kappa shape index (κ2) is 6.74. The van der Waals surface area contributed by atoms with Crippen molar-refractivity contribution >= 4 is 5.97 Å². The fraction of sp³-hybridized carbons (Fsp3) is 0.381. The van der Waals surface area contributed by atoms with Crippen LogP contribution in [0.5, 0.6) is 0 Å². The van der Waals surface area contributed by atoms with E-state index in [2.05, 4.69) is 30.5 Å². The zero-order chi connectivity index (χ0) is 18.3. The zero-order valence-corrected chi connectivity index (χ0v) is 14.7. The highest BCUT2D eigenvalue weighted by Crippen LogP contribution is 2.44. The smallest absolute Gasteiger partial charge is 0.335 e. The molecular formula is C21H23NO4. The van der Waals surface area contributed by atoms with Gasteiger partial charge in [-0.1, -0.05) is 35.9 Å². The highest BCUT2D eigenvalue weighted by Gasteiger charge is 2.41. The molecule has 5 heteroatoms. The maximum Gasteiger partial charge on any atom is 0.335 e. The predicted molar refractivity (Wildman–Crippen MR) is 97.7 cm³/mol. The number of ether oxygens (including phenoxy) is 1. The first-order chi connectivity index (χ1) is 12.6. The maximum absolute atomic E-state index is 11.1. The second-order valence-corrected chi connectivity index (χ2v) is 7.22. The first kappa shape index (κ1) is 17.1. The van der Waals surface area contributed by atoms with Crippen molar-refractivity contribution in [3.63, 3.8) is 0 Å². The molecule has 1 fully saturated rings. The molecule has 2 heterocycles. The number of carbonyl (C=O) groups is 1. The van der Waals surface area contributed by atoms with Crippen LogP contribution in [0.3, 0.4) is 0 Å². The lowest BCUT2D eigenvalue weighted by atomic mass is 9.77. The van der Waals surface area contributed by atoms with Crippen molar-refractivity contribution in [1.29, 1.82) is 0 Å². The number of rotatable bonds is 3. The quantitative estimate of drug-likeness (QED) is 0.779. The SMILES string of the molecule is CC1=CC2=C3OC(CO)CC[C@@H]3[C@@H](c3ccc(C(=O)O)cc3)NC2C=C1. The first-order valence-electron chi connectivity index (χ1n) is 9.04. The molecule has 0 spiro atoms. The average Bonchev–Trinajstić information content (AvgIpc) is 2.67. The number of aliphatic hydroxyl groups is 1. The zero-order valence-electron chi connectivity index (χ0n) is 14.7. The number of allylic oxidation sites excluding steroid dienone is 2. The van der Waals surface area contributed by atoms with E-state index in [0.717, 1.165) is 29.7 Å². The molecule has 4 rings (SSSR count). The standard InChI is InChI=1S/C21H23NO4/c1-12-2-9-18-17(10-12)20-16(8-7-15(11-23)26-20)19(22-18)13-3-5-14(6-4-13)21(24)25/h2-6,9-10,15-16,18-19,22-23H,7-8,11H2,1H3,(H,24,25)/t15?,16-,18?,19-/m1/s1. The van der Waals surface area contributed by atoms with Gasteiger partial charge in [0.2, 0.25) is 0 Å². The minimum atomic E-state index is -0.918. The number of fused-ring (bicyclic) bond motifs is 2. The van der Waals surface area contributed by atoms with Crippen LogP contribution in [0.15, 0.2) is 59.4 Å². The summed E-state index contributed by atoms with van der Waals surface area (Å²) in [5.74, 6) is 0.226. The molecule has 1 aliphatic carbocycles. The Balaban J connectivity index is 1.72. The van der Waals surface area contributed by atoms with Crippen LogP contribution in [0.25, 0.3) is 0 Å². The Morgan fingerprint density at radius 3 is 2.73 bits per heavy atom. The Kier molecular flexibility index (Phi) is 4.42. The first-order valence-corrected chi connectivity index (χ1v) is 9.04. The summed E-state index contributed by atoms with van der Waals surface area (Å²) in [5, 5.41) is 22.4. The van der Waals surface area contributed by atoms with Crippen molar-refractivity contribution in [2.24, 2.45) is 5.92 Å². The normalized spacial score (nSPS) is 30.2. The lowest BCUT2D eigenvalue weighted by Gasteiger charge is -2.44. The fourth-order valence-corrected chi connectivity index (χ4v) is 4.13. The molecular weight excluding hydrogens is 330 g/mol. The molecule has 0 saturated carbocycles. The third kappa shape index (κ3) is 2.97. The average molecular weight is 353 g/mol. The van der Waals surface area contributed by atoms with Crippen LogP contribution in [0, 0.1) is 5.92 Å². The summed E-state index contributed by atoms with van der Waals surface area (Å²) >= 11 is 0. The van der Waals surface area contributed by atoms with Crippen LogP contribution in [-0.4, -0.2) is 34.9 Å². The molecule has 136 valence electrons. The van der Waals surface area contributed by atoms with Crippen molar-refractivity contribution in [1.82, 2.24) is 5.32 Å². The number of hydrogen-bond donors (Lipinski definition) is 3. The second-order valence-electron chi connectivity index (χ2n) is 7.22. The van der Waals surface area contributed by atoms with Gasteiger partial charge in [0.05, 0.1) is 18.2 Å². The van der Waals surface area contributed by atoms with Crippen molar-refractivity contribution in [2.75, 3.05) is 6.61 Å². The summed E-state index contributed by atoms with van der Waals surface area (Å²) in [6, 6.07) is 7.19. The van der Waals surface area contributed by atoms with Gasteiger partial charge in [0.25, 0.3) is 0 Å². The maximum atomic E-state index is 11.1. The van der Waals surface area contributed by atoms with Crippen molar-refractivity contribution in [2.45, 2.75) is 38.0 Å². The van der Waals surface area contributed by atoms with Gasteiger partial charge in [-0.05, 0) is 37.5 Å². The molecule has 0 amide bonds. The minimum Gasteiger partial charge on any atom is -0.492 e. The topological polar surface area (TPSA) is 78.8 Å². The number of aromatic carboxylic acids is 1. The van der Waals surface area contributed by atoms with E-state index in [1.54, 1.807) is 12.1 Å². The summed E-state index contributed by atoms with van der Waals surface area (Å²) in [5.41, 5.74) is 3.68. The molecule has 2 aliphatic heterocycles. The van der Waals surface area contributed by atoms with Crippen LogP contribution in [-0.2, 0) is 4.74 Å². The summed E-state index contributed by atoms with van der Waals surface area (Å²) in [7, 11) is 0. The van der Waals surface area contributed by atoms with Crippen molar-refractivity contribution in [3.8, 4) is 0 Å². The monoisotopic (exact) mass is 353 g/mol. The molecule has 3 aliphatic rings. The van der Waals surface area contributed by atoms with Crippen molar-refractivity contribution in [3.05, 3.63) is 70.5 Å². The molecule has 2 unspecified atom stereocenters. The lowest BCUT2D eigenvalue weighted by molar-refractivity contribution is -0.00683. The predicted octanol–water partition coefficient (Wildman–Crippen LogP) is 2.96. The molecule has 4 atom stereocenters. The van der Waals surface area contributed by atoms with Crippen LogP contribution < -0.4 is 5.32 Å². The Morgan fingerprint density at radius 2 is 2.04 bits per heavy atom. The van der Waals surface area contributed by atoms with Gasteiger partial charge in [-0.25, -0.2) is 4.79 Å². The van der Waals surface area contributed by atoms with Crippen LogP contribution in [0.4, 0.5) is 0 Å². The fourth-order valence-electron chi connectivity index (χ4n) is 4.13. The van der Waals surface area contributed by atoms with Gasteiger partial charge in [0.15, 0.2) is 0 Å². The highest BCUT2D eigenvalue weighted by molar-refractivity contribution is 5.87. The van der Waals surface area contributed by atoms with Gasteiger partial charge in [0.1, 0.15) is 11.9 Å². The summed E-state index contributed by atoms with van der Waals surface area (Å²) < 4.78 is 6.19. The Bertz CT molecular complexity index is 806. The summed E-state index contributed by atoms with van der Waals surface area (Å²) in [6.07, 6.45) is 7.97. The van der Waals surface area contributed by atoms with Gasteiger partial charge in [-0.3, -0.25) is 5.32 Å². The number of benzene rings is 1. The highest BCUT2D eigenvalue weighted by atomic mass is 16.5. The number of carboxylic acid groups (broad SMARTS) is 1. The van der Waals surface area contributed by atoms with E-state index in [4.69, 9.17) is 9.84 Å². The van der Waals surface area contributed by atoms with Gasteiger partial charge in [-0.2, -0.15) is 0 Å². The van der Waals surface area contributed by atoms with Crippen molar-refractivity contribution < 1.29 is 19.7 Å². The lowest BCUT2D eigenvalue weighted by Crippen LogP contribution is -2.46. The summed E-state index contributed by atoms with van der Waals surface area (Å²) in [6.45, 7) is 2.09. The van der Waals surface area contributed by atoms with Gasteiger partial charge in [0, 0.05) is 17.5 Å². The Morgan fingerprint density at radius 1 is 1.27 bits per heavy atom. The Labute approximate surface area is 152 Å². The molecule has 0 radical (unpaired) electrons. The molecule has 26 heavy (non-hydrogen) atoms. The van der Waals surface area contributed by atoms with Gasteiger partial charge >= 0.3 is 5.97 Å². The van der Waals surface area contributed by atoms with E-state index in [1.165, 1.54) is 5.57 Å². The van der Waals surface area contributed by atoms with Crippen LogP contribution in [0.2, 0.25) is 0 Å². The van der Waals surface area contributed by atoms with Gasteiger partial charge < -0.3 is 14.9 Å². The van der Waals surface area contributed by atoms with Crippen LogP contribution >= 0.6 is 0 Å². The van der Waals surface area contributed by atoms with E-state index in [9.17, 15) is 9.90 Å². The third-order valence-corrected chi connectivity index (χ3v) is 5.47. The van der Waals surface area contributed by atoms with E-state index < -0.39 is 5.97 Å². The third-order valence-electron chi connectivity index (χ3n) is 5.47. The molecule has 0 bridgehead atoms. The molecule has 1 aromatic rings. The molecule has 0 aromatic heterocycles. The molecule has 1 saturated heterocycles. The van der Waals surface area contributed by atoms with E-state index in [-0.39, 0.29) is 36.3 Å². The van der Waals surface area contributed by atoms with Gasteiger partial charge in [-0.15, -0.1) is 0 Å². The largest absolute Gasteiger partial charge is 0.492 e.